The smallest absolute Gasteiger partial charge is 0.309 e. The van der Waals surface area contributed by atoms with E-state index in [2.05, 4.69) is 12.2 Å². The van der Waals surface area contributed by atoms with Crippen molar-refractivity contribution in [3.63, 3.8) is 0 Å². The molecule has 0 radical (unpaired) electrons. The lowest BCUT2D eigenvalue weighted by molar-refractivity contribution is -0.153. The third-order valence-electron chi connectivity index (χ3n) is 5.37. The average molecular weight is 296 g/mol. The second-order valence-electron chi connectivity index (χ2n) is 7.03. The van der Waals surface area contributed by atoms with Crippen LogP contribution < -0.4 is 5.32 Å². The van der Waals surface area contributed by atoms with Crippen molar-refractivity contribution in [2.45, 2.75) is 46.0 Å². The van der Waals surface area contributed by atoms with Gasteiger partial charge in [0.05, 0.1) is 5.41 Å². The number of nitrogens with zero attached hydrogens (tertiary/aromatic N) is 1. The highest BCUT2D eigenvalue weighted by molar-refractivity contribution is 5.78. The van der Waals surface area contributed by atoms with Crippen LogP contribution in [0.2, 0.25) is 0 Å². The number of aliphatic carboxylic acids is 1. The third-order valence-corrected chi connectivity index (χ3v) is 5.37. The molecule has 2 aliphatic rings. The van der Waals surface area contributed by atoms with Gasteiger partial charge in [-0.2, -0.15) is 0 Å². The maximum atomic E-state index is 12.4. The van der Waals surface area contributed by atoms with Crippen LogP contribution in [0.15, 0.2) is 0 Å². The summed E-state index contributed by atoms with van der Waals surface area (Å²) < 4.78 is 0. The van der Waals surface area contributed by atoms with Crippen LogP contribution in [0.1, 0.15) is 46.0 Å². The van der Waals surface area contributed by atoms with Gasteiger partial charge in [-0.15, -0.1) is 0 Å². The van der Waals surface area contributed by atoms with Crippen molar-refractivity contribution >= 4 is 11.9 Å². The molecular formula is C16H28N2O3. The number of hydrogen-bond donors (Lipinski definition) is 2. The number of nitrogens with one attached hydrogen (secondary N) is 1. The van der Waals surface area contributed by atoms with Crippen LogP contribution in [0.3, 0.4) is 0 Å². The molecule has 0 aromatic carbocycles. The predicted octanol–water partition coefficient (Wildman–Crippen LogP) is 1.73. The first-order valence-corrected chi connectivity index (χ1v) is 8.14. The lowest BCUT2D eigenvalue weighted by Gasteiger charge is -2.37. The number of likely N-dealkylation sites (tertiary alicyclic amines) is 1. The Bertz CT molecular complexity index is 383. The largest absolute Gasteiger partial charge is 0.481 e. The van der Waals surface area contributed by atoms with Crippen LogP contribution in [0.25, 0.3) is 0 Å². The Labute approximate surface area is 127 Å². The van der Waals surface area contributed by atoms with Gasteiger partial charge in [-0.1, -0.05) is 6.92 Å². The van der Waals surface area contributed by atoms with E-state index in [1.807, 2.05) is 4.90 Å². The molecule has 5 nitrogen and oxygen atoms in total. The standard InChI is InChI=1S/C16H28N2O3/c1-12(13-4-3-7-17-11-13)10-14(19)18-8-5-16(2,6-9-18)15(20)21/h12-13,17H,3-11H2,1-2H3,(H,20,21). The molecule has 2 fully saturated rings. The van der Waals surface area contributed by atoms with Crippen molar-refractivity contribution in [3.05, 3.63) is 0 Å². The van der Waals surface area contributed by atoms with Gasteiger partial charge in [0.25, 0.3) is 0 Å². The third kappa shape index (κ3) is 3.96. The molecule has 120 valence electrons. The number of hydrogen-bond acceptors (Lipinski definition) is 3. The Morgan fingerprint density at radius 2 is 2.05 bits per heavy atom. The highest BCUT2D eigenvalue weighted by Crippen LogP contribution is 2.32. The Balaban J connectivity index is 1.80. The Hall–Kier alpha value is -1.10. The summed E-state index contributed by atoms with van der Waals surface area (Å²) >= 11 is 0. The number of carboxylic acid groups (broad SMARTS) is 1. The monoisotopic (exact) mass is 296 g/mol. The summed E-state index contributed by atoms with van der Waals surface area (Å²) in [5, 5.41) is 12.6. The van der Waals surface area contributed by atoms with E-state index < -0.39 is 11.4 Å². The van der Waals surface area contributed by atoms with Gasteiger partial charge in [-0.25, -0.2) is 0 Å². The summed E-state index contributed by atoms with van der Waals surface area (Å²) in [5.74, 6) is 0.451. The quantitative estimate of drug-likeness (QED) is 0.829. The Kier molecular flexibility index (Phi) is 5.25. The number of carboxylic acids is 1. The van der Waals surface area contributed by atoms with E-state index in [-0.39, 0.29) is 5.91 Å². The first-order valence-electron chi connectivity index (χ1n) is 8.14. The van der Waals surface area contributed by atoms with Crippen molar-refractivity contribution in [1.82, 2.24) is 10.2 Å². The fourth-order valence-electron chi connectivity index (χ4n) is 3.40. The van der Waals surface area contributed by atoms with Crippen molar-refractivity contribution in [2.75, 3.05) is 26.2 Å². The molecule has 0 aromatic rings. The molecule has 2 aliphatic heterocycles. The van der Waals surface area contributed by atoms with Crippen molar-refractivity contribution in [2.24, 2.45) is 17.3 Å². The maximum absolute atomic E-state index is 12.4. The SMILES string of the molecule is CC(CC(=O)N1CCC(C)(C(=O)O)CC1)C1CCCNC1. The van der Waals surface area contributed by atoms with Crippen molar-refractivity contribution in [3.8, 4) is 0 Å². The molecule has 5 heteroatoms. The van der Waals surface area contributed by atoms with Gasteiger partial charge in [0.2, 0.25) is 5.91 Å². The molecule has 2 N–H and O–H groups in total. The van der Waals surface area contributed by atoms with E-state index in [4.69, 9.17) is 0 Å². The van der Waals surface area contributed by atoms with Crippen LogP contribution in [0, 0.1) is 17.3 Å². The van der Waals surface area contributed by atoms with Gasteiger partial charge >= 0.3 is 5.97 Å². The molecular weight excluding hydrogens is 268 g/mol. The normalized spacial score (nSPS) is 27.1. The minimum absolute atomic E-state index is 0.195. The summed E-state index contributed by atoms with van der Waals surface area (Å²) in [6.45, 7) is 7.23. The summed E-state index contributed by atoms with van der Waals surface area (Å²) in [5.41, 5.74) is -0.657. The molecule has 2 unspecified atom stereocenters. The van der Waals surface area contributed by atoms with Gasteiger partial charge < -0.3 is 15.3 Å². The molecule has 0 saturated carbocycles. The number of piperidine rings is 2. The second-order valence-corrected chi connectivity index (χ2v) is 7.03. The van der Waals surface area contributed by atoms with Crippen molar-refractivity contribution < 1.29 is 14.7 Å². The van der Waals surface area contributed by atoms with E-state index in [0.717, 1.165) is 13.1 Å². The van der Waals surface area contributed by atoms with E-state index >= 15 is 0 Å². The zero-order valence-electron chi connectivity index (χ0n) is 13.2. The summed E-state index contributed by atoms with van der Waals surface area (Å²) in [7, 11) is 0. The first kappa shape index (κ1) is 16.3. The zero-order valence-corrected chi connectivity index (χ0v) is 13.2. The number of carbonyl (C=O) groups excluding carboxylic acids is 1. The molecule has 0 aromatic heterocycles. The summed E-state index contributed by atoms with van der Waals surface area (Å²) in [6, 6.07) is 0. The van der Waals surface area contributed by atoms with Gasteiger partial charge in [-0.3, -0.25) is 9.59 Å². The minimum Gasteiger partial charge on any atom is -0.481 e. The molecule has 2 heterocycles. The minimum atomic E-state index is -0.740. The number of rotatable bonds is 4. The maximum Gasteiger partial charge on any atom is 0.309 e. The second kappa shape index (κ2) is 6.77. The van der Waals surface area contributed by atoms with Gasteiger partial charge in [0, 0.05) is 19.5 Å². The van der Waals surface area contributed by atoms with E-state index in [1.54, 1.807) is 6.92 Å². The van der Waals surface area contributed by atoms with Crippen LogP contribution in [0.5, 0.6) is 0 Å². The molecule has 1 amide bonds. The Morgan fingerprint density at radius 1 is 1.38 bits per heavy atom. The topological polar surface area (TPSA) is 69.6 Å². The predicted molar refractivity (Wildman–Crippen MR) is 80.9 cm³/mol. The van der Waals surface area contributed by atoms with Gasteiger partial charge in [-0.05, 0) is 57.5 Å². The van der Waals surface area contributed by atoms with Crippen LogP contribution in [0.4, 0.5) is 0 Å². The van der Waals surface area contributed by atoms with E-state index in [1.165, 1.54) is 12.8 Å². The van der Waals surface area contributed by atoms with Crippen LogP contribution in [-0.4, -0.2) is 48.1 Å². The van der Waals surface area contributed by atoms with E-state index in [9.17, 15) is 14.7 Å². The Morgan fingerprint density at radius 3 is 2.57 bits per heavy atom. The van der Waals surface area contributed by atoms with Gasteiger partial charge in [0.1, 0.15) is 0 Å². The molecule has 2 atom stereocenters. The number of carbonyl (C=O) groups is 2. The van der Waals surface area contributed by atoms with Gasteiger partial charge in [0.15, 0.2) is 0 Å². The first-order chi connectivity index (χ1) is 9.92. The van der Waals surface area contributed by atoms with Crippen molar-refractivity contribution in [1.29, 1.82) is 0 Å². The highest BCUT2D eigenvalue weighted by Gasteiger charge is 2.38. The molecule has 0 spiro atoms. The molecule has 2 rings (SSSR count). The van der Waals surface area contributed by atoms with Crippen LogP contribution in [-0.2, 0) is 9.59 Å². The lowest BCUT2D eigenvalue weighted by Crippen LogP contribution is -2.46. The molecule has 0 bridgehead atoms. The highest BCUT2D eigenvalue weighted by atomic mass is 16.4. The lowest BCUT2D eigenvalue weighted by atomic mass is 9.80. The summed E-state index contributed by atoms with van der Waals surface area (Å²) in [4.78, 5) is 25.5. The van der Waals surface area contributed by atoms with E-state index in [0.29, 0.717) is 44.2 Å². The fourth-order valence-corrected chi connectivity index (χ4v) is 3.40. The zero-order chi connectivity index (χ0) is 15.5. The fraction of sp³-hybridized carbons (Fsp3) is 0.875. The van der Waals surface area contributed by atoms with Crippen LogP contribution >= 0.6 is 0 Å². The average Bonchev–Trinajstić information content (AvgIpc) is 2.48. The molecule has 21 heavy (non-hydrogen) atoms. The molecule has 0 aliphatic carbocycles. The molecule has 2 saturated heterocycles. The summed E-state index contributed by atoms with van der Waals surface area (Å²) in [6.07, 6.45) is 4.12. The number of amides is 1.